The van der Waals surface area contributed by atoms with Gasteiger partial charge in [-0.1, -0.05) is 12.1 Å². The second-order valence-corrected chi connectivity index (χ2v) is 4.56. The van der Waals surface area contributed by atoms with E-state index in [0.717, 1.165) is 27.8 Å². The zero-order chi connectivity index (χ0) is 13.8. The summed E-state index contributed by atoms with van der Waals surface area (Å²) >= 11 is 0. The Morgan fingerprint density at radius 1 is 0.750 bits per heavy atom. The Morgan fingerprint density at radius 3 is 1.70 bits per heavy atom. The van der Waals surface area contributed by atoms with Crippen LogP contribution in [0, 0.1) is 0 Å². The van der Waals surface area contributed by atoms with E-state index < -0.39 is 0 Å². The standard InChI is InChI=1S/C17H14N2O/c20-12-13-7-16(14-3-1-5-18-10-14)9-17(8-13)15-4-2-6-19-11-15/h1-11,20H,12H2. The van der Waals surface area contributed by atoms with Gasteiger partial charge in [0, 0.05) is 35.9 Å². The molecule has 0 amide bonds. The second kappa shape index (κ2) is 5.63. The van der Waals surface area contributed by atoms with Gasteiger partial charge in [-0.3, -0.25) is 9.97 Å². The monoisotopic (exact) mass is 262 g/mol. The minimum absolute atomic E-state index is 0.0152. The highest BCUT2D eigenvalue weighted by Gasteiger charge is 2.05. The van der Waals surface area contributed by atoms with Gasteiger partial charge in [-0.25, -0.2) is 0 Å². The number of pyridine rings is 2. The summed E-state index contributed by atoms with van der Waals surface area (Å²) in [5, 5.41) is 9.45. The highest BCUT2D eigenvalue weighted by atomic mass is 16.3. The molecule has 0 aliphatic rings. The minimum atomic E-state index is 0.0152. The molecular weight excluding hydrogens is 248 g/mol. The maximum absolute atomic E-state index is 9.45. The molecule has 20 heavy (non-hydrogen) atoms. The van der Waals surface area contributed by atoms with Gasteiger partial charge in [-0.15, -0.1) is 0 Å². The van der Waals surface area contributed by atoms with Crippen LogP contribution < -0.4 is 0 Å². The Hall–Kier alpha value is -2.52. The first-order valence-electron chi connectivity index (χ1n) is 6.42. The number of hydrogen-bond acceptors (Lipinski definition) is 3. The third-order valence-corrected chi connectivity index (χ3v) is 3.17. The topological polar surface area (TPSA) is 46.0 Å². The summed E-state index contributed by atoms with van der Waals surface area (Å²) in [6.45, 7) is 0.0152. The number of aliphatic hydroxyl groups is 1. The van der Waals surface area contributed by atoms with Crippen LogP contribution in [0.3, 0.4) is 0 Å². The number of aromatic nitrogens is 2. The normalized spacial score (nSPS) is 10.4. The summed E-state index contributed by atoms with van der Waals surface area (Å²) in [4.78, 5) is 8.29. The Balaban J connectivity index is 2.13. The SMILES string of the molecule is OCc1cc(-c2cccnc2)cc(-c2cccnc2)c1. The zero-order valence-electron chi connectivity index (χ0n) is 10.9. The molecule has 0 atom stereocenters. The molecule has 1 N–H and O–H groups in total. The van der Waals surface area contributed by atoms with Crippen molar-refractivity contribution in [2.45, 2.75) is 6.61 Å². The summed E-state index contributed by atoms with van der Waals surface area (Å²) in [7, 11) is 0. The Labute approximate surface area is 117 Å². The molecule has 3 nitrogen and oxygen atoms in total. The van der Waals surface area contributed by atoms with Crippen LogP contribution in [0.4, 0.5) is 0 Å². The van der Waals surface area contributed by atoms with E-state index in [2.05, 4.69) is 16.0 Å². The van der Waals surface area contributed by atoms with Crippen molar-refractivity contribution in [3.8, 4) is 22.3 Å². The number of benzene rings is 1. The van der Waals surface area contributed by atoms with Gasteiger partial charge >= 0.3 is 0 Å². The molecule has 0 saturated carbocycles. The highest BCUT2D eigenvalue weighted by Crippen LogP contribution is 2.27. The summed E-state index contributed by atoms with van der Waals surface area (Å²) in [5.41, 5.74) is 5.04. The van der Waals surface area contributed by atoms with Crippen LogP contribution >= 0.6 is 0 Å². The number of nitrogens with zero attached hydrogens (tertiary/aromatic N) is 2. The molecule has 0 radical (unpaired) electrons. The number of rotatable bonds is 3. The van der Waals surface area contributed by atoms with Crippen molar-refractivity contribution in [1.82, 2.24) is 9.97 Å². The predicted molar refractivity (Wildman–Crippen MR) is 78.8 cm³/mol. The fraction of sp³-hybridized carbons (Fsp3) is 0.0588. The van der Waals surface area contributed by atoms with Crippen LogP contribution in [0.15, 0.2) is 67.3 Å². The maximum atomic E-state index is 9.45. The first kappa shape index (κ1) is 12.5. The highest BCUT2D eigenvalue weighted by molar-refractivity contribution is 5.73. The van der Waals surface area contributed by atoms with Gasteiger partial charge in [0.1, 0.15) is 0 Å². The van der Waals surface area contributed by atoms with Crippen LogP contribution in [0.5, 0.6) is 0 Å². The molecule has 2 heterocycles. The molecule has 3 heteroatoms. The molecule has 0 spiro atoms. The average Bonchev–Trinajstić information content (AvgIpc) is 2.56. The van der Waals surface area contributed by atoms with E-state index in [-0.39, 0.29) is 6.61 Å². The minimum Gasteiger partial charge on any atom is -0.392 e. The summed E-state index contributed by atoms with van der Waals surface area (Å²) in [5.74, 6) is 0. The fourth-order valence-electron chi connectivity index (χ4n) is 2.18. The van der Waals surface area contributed by atoms with Gasteiger partial charge in [-0.2, -0.15) is 0 Å². The zero-order valence-corrected chi connectivity index (χ0v) is 10.9. The van der Waals surface area contributed by atoms with Crippen molar-refractivity contribution < 1.29 is 5.11 Å². The molecule has 3 rings (SSSR count). The van der Waals surface area contributed by atoms with E-state index in [4.69, 9.17) is 0 Å². The van der Waals surface area contributed by atoms with Gasteiger partial charge < -0.3 is 5.11 Å². The van der Waals surface area contributed by atoms with Crippen molar-refractivity contribution in [1.29, 1.82) is 0 Å². The summed E-state index contributed by atoms with van der Waals surface area (Å²) in [6, 6.07) is 13.9. The van der Waals surface area contributed by atoms with Crippen LogP contribution in [0.1, 0.15) is 5.56 Å². The quantitative estimate of drug-likeness (QED) is 0.787. The first-order valence-corrected chi connectivity index (χ1v) is 6.42. The van der Waals surface area contributed by atoms with Gasteiger partial charge in [0.15, 0.2) is 0 Å². The third-order valence-electron chi connectivity index (χ3n) is 3.17. The molecule has 2 aromatic heterocycles. The first-order chi connectivity index (χ1) is 9.86. The summed E-state index contributed by atoms with van der Waals surface area (Å²) < 4.78 is 0. The molecule has 0 saturated heterocycles. The second-order valence-electron chi connectivity index (χ2n) is 4.56. The lowest BCUT2D eigenvalue weighted by Crippen LogP contribution is -1.89. The molecule has 0 unspecified atom stereocenters. The molecular formula is C17H14N2O. The lowest BCUT2D eigenvalue weighted by Gasteiger charge is -2.08. The molecule has 1 aromatic carbocycles. The van der Waals surface area contributed by atoms with Gasteiger partial charge in [0.25, 0.3) is 0 Å². The lowest BCUT2D eigenvalue weighted by molar-refractivity contribution is 0.282. The molecule has 3 aromatic rings. The predicted octanol–water partition coefficient (Wildman–Crippen LogP) is 3.30. The molecule has 0 aliphatic heterocycles. The maximum Gasteiger partial charge on any atom is 0.0682 e. The smallest absolute Gasteiger partial charge is 0.0682 e. The Bertz CT molecular complexity index is 639. The van der Waals surface area contributed by atoms with Crippen LogP contribution in [0.2, 0.25) is 0 Å². The molecule has 0 aliphatic carbocycles. The van der Waals surface area contributed by atoms with Crippen molar-refractivity contribution in [2.24, 2.45) is 0 Å². The Morgan fingerprint density at radius 2 is 1.30 bits per heavy atom. The largest absolute Gasteiger partial charge is 0.392 e. The van der Waals surface area contributed by atoms with E-state index in [0.29, 0.717) is 0 Å². The van der Waals surface area contributed by atoms with Crippen LogP contribution in [0.25, 0.3) is 22.3 Å². The third kappa shape index (κ3) is 2.58. The van der Waals surface area contributed by atoms with E-state index in [1.165, 1.54) is 0 Å². The molecule has 98 valence electrons. The van der Waals surface area contributed by atoms with Crippen molar-refractivity contribution in [3.05, 3.63) is 72.8 Å². The van der Waals surface area contributed by atoms with E-state index >= 15 is 0 Å². The fourth-order valence-corrected chi connectivity index (χ4v) is 2.18. The number of aliphatic hydroxyl groups excluding tert-OH is 1. The van der Waals surface area contributed by atoms with Gasteiger partial charge in [0.05, 0.1) is 6.61 Å². The molecule has 0 bridgehead atoms. The number of hydrogen-bond donors (Lipinski definition) is 1. The summed E-state index contributed by atoms with van der Waals surface area (Å²) in [6.07, 6.45) is 7.15. The van der Waals surface area contributed by atoms with Gasteiger partial charge in [-0.05, 0) is 47.0 Å². The lowest BCUT2D eigenvalue weighted by atomic mass is 9.98. The molecule has 0 fully saturated rings. The van der Waals surface area contributed by atoms with Gasteiger partial charge in [0.2, 0.25) is 0 Å². The van der Waals surface area contributed by atoms with E-state index in [1.807, 2.05) is 48.8 Å². The van der Waals surface area contributed by atoms with Crippen molar-refractivity contribution in [2.75, 3.05) is 0 Å². The Kier molecular flexibility index (Phi) is 3.52. The average molecular weight is 262 g/mol. The van der Waals surface area contributed by atoms with Crippen LogP contribution in [-0.2, 0) is 6.61 Å². The van der Waals surface area contributed by atoms with E-state index in [1.54, 1.807) is 12.4 Å². The van der Waals surface area contributed by atoms with E-state index in [9.17, 15) is 5.11 Å². The van der Waals surface area contributed by atoms with Crippen molar-refractivity contribution >= 4 is 0 Å². The van der Waals surface area contributed by atoms with Crippen molar-refractivity contribution in [3.63, 3.8) is 0 Å². The van der Waals surface area contributed by atoms with Crippen LogP contribution in [-0.4, -0.2) is 15.1 Å².